The van der Waals surface area contributed by atoms with E-state index in [4.69, 9.17) is 4.74 Å². The van der Waals surface area contributed by atoms with Gasteiger partial charge < -0.3 is 10.1 Å². The number of benzene rings is 2. The summed E-state index contributed by atoms with van der Waals surface area (Å²) in [5.41, 5.74) is 2.37. The van der Waals surface area contributed by atoms with Crippen LogP contribution in [0, 0.1) is 5.92 Å². The molecule has 0 amide bonds. The first kappa shape index (κ1) is 14.2. The lowest BCUT2D eigenvalue weighted by Crippen LogP contribution is -2.26. The monoisotopic (exact) mass is 281 g/mol. The Balaban J connectivity index is 1.62. The quantitative estimate of drug-likeness (QED) is 0.824. The summed E-state index contributed by atoms with van der Waals surface area (Å²) < 4.78 is 6.07. The Bertz CT molecular complexity index is 563. The highest BCUT2D eigenvalue weighted by molar-refractivity contribution is 5.70. The summed E-state index contributed by atoms with van der Waals surface area (Å²) in [7, 11) is 0. The Labute approximate surface area is 127 Å². The number of hydrogen-bond donors (Lipinski definition) is 1. The van der Waals surface area contributed by atoms with Crippen LogP contribution in [0.3, 0.4) is 0 Å². The number of ether oxygens (including phenoxy) is 1. The molecular formula is C19H23NO. The summed E-state index contributed by atoms with van der Waals surface area (Å²) in [6, 6.07) is 19.5. The molecule has 1 aliphatic rings. The van der Waals surface area contributed by atoms with Crippen molar-refractivity contribution >= 4 is 0 Å². The molecule has 0 aliphatic heterocycles. The summed E-state index contributed by atoms with van der Waals surface area (Å²) in [5.74, 6) is 1.50. The molecule has 110 valence electrons. The average molecular weight is 281 g/mol. The van der Waals surface area contributed by atoms with Crippen molar-refractivity contribution in [3.8, 4) is 16.9 Å². The van der Waals surface area contributed by atoms with Crippen molar-refractivity contribution < 1.29 is 4.74 Å². The first-order valence-electron chi connectivity index (χ1n) is 7.83. The molecule has 0 aromatic heterocycles. The van der Waals surface area contributed by atoms with Crippen molar-refractivity contribution in [3.05, 3.63) is 54.6 Å². The molecule has 0 spiro atoms. The van der Waals surface area contributed by atoms with Crippen LogP contribution in [-0.2, 0) is 0 Å². The van der Waals surface area contributed by atoms with Gasteiger partial charge in [0, 0.05) is 24.1 Å². The molecule has 1 saturated carbocycles. The maximum Gasteiger partial charge on any atom is 0.127 e. The van der Waals surface area contributed by atoms with Crippen molar-refractivity contribution in [3.63, 3.8) is 0 Å². The summed E-state index contributed by atoms with van der Waals surface area (Å²) in [5, 5.41) is 3.56. The number of hydrogen-bond acceptors (Lipinski definition) is 2. The molecule has 0 heterocycles. The van der Waals surface area contributed by atoms with E-state index in [9.17, 15) is 0 Å². The van der Waals surface area contributed by atoms with E-state index in [0.29, 0.717) is 5.92 Å². The zero-order valence-electron chi connectivity index (χ0n) is 12.6. The predicted octanol–water partition coefficient (Wildman–Crippen LogP) is 4.12. The minimum absolute atomic E-state index is 0.523. The van der Waals surface area contributed by atoms with Crippen LogP contribution in [0.1, 0.15) is 19.8 Å². The zero-order chi connectivity index (χ0) is 14.5. The fourth-order valence-electron chi connectivity index (χ4n) is 2.39. The van der Waals surface area contributed by atoms with Crippen molar-refractivity contribution in [1.29, 1.82) is 0 Å². The van der Waals surface area contributed by atoms with Gasteiger partial charge in [-0.05, 0) is 24.5 Å². The first-order chi connectivity index (χ1) is 10.3. The standard InChI is InChI=1S/C19H23NO/c1-15(13-20-17-11-12-17)14-21-19-10-6-5-9-18(19)16-7-3-2-4-8-16/h2-10,15,17,20H,11-14H2,1H3. The highest BCUT2D eigenvalue weighted by Crippen LogP contribution is 2.29. The lowest BCUT2D eigenvalue weighted by Gasteiger charge is -2.16. The minimum Gasteiger partial charge on any atom is -0.493 e. The van der Waals surface area contributed by atoms with Gasteiger partial charge in [-0.25, -0.2) is 0 Å². The Hall–Kier alpha value is -1.80. The van der Waals surface area contributed by atoms with Gasteiger partial charge in [-0.3, -0.25) is 0 Å². The van der Waals surface area contributed by atoms with E-state index < -0.39 is 0 Å². The van der Waals surface area contributed by atoms with Crippen LogP contribution in [0.5, 0.6) is 5.75 Å². The summed E-state index contributed by atoms with van der Waals surface area (Å²) in [4.78, 5) is 0. The normalized spacial score (nSPS) is 15.7. The molecule has 1 N–H and O–H groups in total. The van der Waals surface area contributed by atoms with Crippen LogP contribution in [0.15, 0.2) is 54.6 Å². The molecule has 0 bridgehead atoms. The summed E-state index contributed by atoms with van der Waals surface area (Å²) in [6.45, 7) is 4.03. The van der Waals surface area contributed by atoms with Crippen LogP contribution < -0.4 is 10.1 Å². The van der Waals surface area contributed by atoms with E-state index in [2.05, 4.69) is 54.7 Å². The van der Waals surface area contributed by atoms with Gasteiger partial charge in [0.15, 0.2) is 0 Å². The first-order valence-corrected chi connectivity index (χ1v) is 7.83. The maximum absolute atomic E-state index is 6.07. The summed E-state index contributed by atoms with van der Waals surface area (Å²) in [6.07, 6.45) is 2.68. The third-order valence-corrected chi connectivity index (χ3v) is 3.83. The molecule has 2 nitrogen and oxygen atoms in total. The molecule has 1 atom stereocenters. The smallest absolute Gasteiger partial charge is 0.127 e. The van der Waals surface area contributed by atoms with E-state index in [0.717, 1.165) is 24.9 Å². The molecular weight excluding hydrogens is 258 g/mol. The Morgan fingerprint density at radius 2 is 1.76 bits per heavy atom. The third kappa shape index (κ3) is 4.08. The molecule has 3 rings (SSSR count). The van der Waals surface area contributed by atoms with E-state index in [1.165, 1.54) is 24.0 Å². The number of nitrogens with one attached hydrogen (secondary N) is 1. The molecule has 2 aromatic carbocycles. The number of rotatable bonds is 7. The van der Waals surface area contributed by atoms with Crippen molar-refractivity contribution in [2.45, 2.75) is 25.8 Å². The maximum atomic E-state index is 6.07. The lowest BCUT2D eigenvalue weighted by atomic mass is 10.0. The highest BCUT2D eigenvalue weighted by Gasteiger charge is 2.21. The molecule has 2 aromatic rings. The minimum atomic E-state index is 0.523. The molecule has 1 aliphatic carbocycles. The van der Waals surface area contributed by atoms with E-state index in [-0.39, 0.29) is 0 Å². The van der Waals surface area contributed by atoms with Crippen LogP contribution in [-0.4, -0.2) is 19.2 Å². The fraction of sp³-hybridized carbons (Fsp3) is 0.368. The SMILES string of the molecule is CC(CNC1CC1)COc1ccccc1-c1ccccc1. The van der Waals surface area contributed by atoms with Gasteiger partial charge in [-0.1, -0.05) is 55.5 Å². The van der Waals surface area contributed by atoms with Crippen molar-refractivity contribution in [1.82, 2.24) is 5.32 Å². The Kier molecular flexibility index (Phi) is 4.56. The topological polar surface area (TPSA) is 21.3 Å². The van der Waals surface area contributed by atoms with Gasteiger partial charge in [0.2, 0.25) is 0 Å². The Morgan fingerprint density at radius 1 is 1.05 bits per heavy atom. The third-order valence-electron chi connectivity index (χ3n) is 3.83. The summed E-state index contributed by atoms with van der Waals surface area (Å²) >= 11 is 0. The van der Waals surface area contributed by atoms with Crippen LogP contribution in [0.25, 0.3) is 11.1 Å². The van der Waals surface area contributed by atoms with Crippen LogP contribution >= 0.6 is 0 Å². The predicted molar refractivity (Wildman–Crippen MR) is 87.6 cm³/mol. The largest absolute Gasteiger partial charge is 0.493 e. The Morgan fingerprint density at radius 3 is 2.52 bits per heavy atom. The second-order valence-corrected chi connectivity index (χ2v) is 5.96. The molecule has 0 saturated heterocycles. The molecule has 2 heteroatoms. The van der Waals surface area contributed by atoms with Gasteiger partial charge in [-0.15, -0.1) is 0 Å². The van der Waals surface area contributed by atoms with Crippen LogP contribution in [0.2, 0.25) is 0 Å². The van der Waals surface area contributed by atoms with Gasteiger partial charge in [0.05, 0.1) is 6.61 Å². The van der Waals surface area contributed by atoms with Crippen molar-refractivity contribution in [2.75, 3.05) is 13.2 Å². The van der Waals surface area contributed by atoms with Crippen molar-refractivity contribution in [2.24, 2.45) is 5.92 Å². The van der Waals surface area contributed by atoms with Gasteiger partial charge in [0.25, 0.3) is 0 Å². The second kappa shape index (κ2) is 6.77. The average Bonchev–Trinajstić information content (AvgIpc) is 3.36. The molecule has 21 heavy (non-hydrogen) atoms. The highest BCUT2D eigenvalue weighted by atomic mass is 16.5. The molecule has 1 fully saturated rings. The molecule has 0 radical (unpaired) electrons. The van der Waals surface area contributed by atoms with Gasteiger partial charge in [-0.2, -0.15) is 0 Å². The van der Waals surface area contributed by atoms with E-state index in [1.807, 2.05) is 12.1 Å². The van der Waals surface area contributed by atoms with Crippen LogP contribution in [0.4, 0.5) is 0 Å². The van der Waals surface area contributed by atoms with E-state index in [1.54, 1.807) is 0 Å². The molecule has 1 unspecified atom stereocenters. The van der Waals surface area contributed by atoms with Gasteiger partial charge >= 0.3 is 0 Å². The number of para-hydroxylation sites is 1. The van der Waals surface area contributed by atoms with Gasteiger partial charge in [0.1, 0.15) is 5.75 Å². The fourth-order valence-corrected chi connectivity index (χ4v) is 2.39. The van der Waals surface area contributed by atoms with E-state index >= 15 is 0 Å². The zero-order valence-corrected chi connectivity index (χ0v) is 12.6. The lowest BCUT2D eigenvalue weighted by molar-refractivity contribution is 0.256. The second-order valence-electron chi connectivity index (χ2n) is 5.96.